The van der Waals surface area contributed by atoms with Gasteiger partial charge >= 0.3 is 0 Å². The van der Waals surface area contributed by atoms with E-state index in [2.05, 4.69) is 45.9 Å². The fraction of sp³-hybridized carbons (Fsp3) is 0.462. The molecule has 0 fully saturated rings. The van der Waals surface area contributed by atoms with Gasteiger partial charge in [0.15, 0.2) is 0 Å². The van der Waals surface area contributed by atoms with Crippen LogP contribution in [0.25, 0.3) is 0 Å². The summed E-state index contributed by atoms with van der Waals surface area (Å²) in [4.78, 5) is 0. The molecule has 1 N–H and O–H groups in total. The molecule has 0 bridgehead atoms. The van der Waals surface area contributed by atoms with Gasteiger partial charge in [-0.1, -0.05) is 45.9 Å². The molecule has 1 rings (SSSR count). The summed E-state index contributed by atoms with van der Waals surface area (Å²) in [7, 11) is 0. The van der Waals surface area contributed by atoms with Gasteiger partial charge in [0, 0.05) is 23.3 Å². The minimum absolute atomic E-state index is 0. The molecule has 1 aromatic carbocycles. The first-order chi connectivity index (χ1) is 6.57. The van der Waals surface area contributed by atoms with Crippen molar-refractivity contribution < 1.29 is 17.1 Å². The molecular weight excluding hydrogens is 226 g/mol. The van der Waals surface area contributed by atoms with Gasteiger partial charge in [-0.25, -0.2) is 0 Å². The van der Waals surface area contributed by atoms with Crippen LogP contribution in [-0.2, 0) is 17.1 Å². The fourth-order valence-corrected chi connectivity index (χ4v) is 1.78. The SMILES string of the molecule is CC(C)c1cccc(C(C)C)c1C=N.[Fe]. The van der Waals surface area contributed by atoms with Crippen molar-refractivity contribution in [2.24, 2.45) is 0 Å². The van der Waals surface area contributed by atoms with Crippen LogP contribution in [0.5, 0.6) is 0 Å². The Morgan fingerprint density at radius 2 is 1.40 bits per heavy atom. The summed E-state index contributed by atoms with van der Waals surface area (Å²) in [6, 6.07) is 6.34. The maximum Gasteiger partial charge on any atom is 0.0256 e. The van der Waals surface area contributed by atoms with E-state index in [0.29, 0.717) is 11.8 Å². The van der Waals surface area contributed by atoms with Crippen molar-refractivity contribution in [2.45, 2.75) is 39.5 Å². The van der Waals surface area contributed by atoms with Gasteiger partial charge in [-0.05, 0) is 28.5 Å². The van der Waals surface area contributed by atoms with E-state index in [1.165, 1.54) is 17.3 Å². The van der Waals surface area contributed by atoms with Crippen LogP contribution in [-0.4, -0.2) is 6.21 Å². The number of rotatable bonds is 3. The average Bonchev–Trinajstić information content (AvgIpc) is 2.16. The average molecular weight is 245 g/mol. The third-order valence-corrected chi connectivity index (χ3v) is 2.56. The quantitative estimate of drug-likeness (QED) is 0.616. The number of hydrogen-bond donors (Lipinski definition) is 1. The van der Waals surface area contributed by atoms with Crippen molar-refractivity contribution in [2.75, 3.05) is 0 Å². The zero-order valence-electron chi connectivity index (χ0n) is 9.82. The van der Waals surface area contributed by atoms with Crippen LogP contribution < -0.4 is 0 Å². The predicted octanol–water partition coefficient (Wildman–Crippen LogP) is 3.93. The minimum Gasteiger partial charge on any atom is -0.308 e. The van der Waals surface area contributed by atoms with Crippen LogP contribution >= 0.6 is 0 Å². The molecule has 2 heteroatoms. The molecule has 0 saturated carbocycles. The van der Waals surface area contributed by atoms with Crippen LogP contribution in [0.4, 0.5) is 0 Å². The summed E-state index contributed by atoms with van der Waals surface area (Å²) < 4.78 is 0. The Kier molecular flexibility index (Phi) is 5.85. The van der Waals surface area contributed by atoms with E-state index in [0.717, 1.165) is 5.56 Å². The number of hydrogen-bond acceptors (Lipinski definition) is 1. The van der Waals surface area contributed by atoms with Crippen LogP contribution in [0, 0.1) is 5.41 Å². The van der Waals surface area contributed by atoms with Gasteiger partial charge in [-0.2, -0.15) is 0 Å². The molecule has 15 heavy (non-hydrogen) atoms. The summed E-state index contributed by atoms with van der Waals surface area (Å²) in [6.07, 6.45) is 1.49. The zero-order valence-corrected chi connectivity index (χ0v) is 10.9. The van der Waals surface area contributed by atoms with Crippen LogP contribution in [0.1, 0.15) is 56.2 Å². The summed E-state index contributed by atoms with van der Waals surface area (Å²) in [5.74, 6) is 0.982. The van der Waals surface area contributed by atoms with Crippen molar-refractivity contribution in [1.82, 2.24) is 0 Å². The topological polar surface area (TPSA) is 23.9 Å². The van der Waals surface area contributed by atoms with Gasteiger partial charge in [0.2, 0.25) is 0 Å². The summed E-state index contributed by atoms with van der Waals surface area (Å²) >= 11 is 0. The third-order valence-electron chi connectivity index (χ3n) is 2.56. The Labute approximate surface area is 103 Å². The molecule has 0 heterocycles. The first kappa shape index (κ1) is 14.4. The second-order valence-corrected chi connectivity index (χ2v) is 4.30. The van der Waals surface area contributed by atoms with Gasteiger partial charge in [-0.15, -0.1) is 0 Å². The summed E-state index contributed by atoms with van der Waals surface area (Å²) in [6.45, 7) is 8.69. The first-order valence-electron chi connectivity index (χ1n) is 5.21. The smallest absolute Gasteiger partial charge is 0.0256 e. The molecular formula is C13H19FeN. The van der Waals surface area contributed by atoms with Crippen molar-refractivity contribution in [3.05, 3.63) is 34.9 Å². The molecule has 0 atom stereocenters. The Hall–Kier alpha value is -0.591. The van der Waals surface area contributed by atoms with E-state index in [-0.39, 0.29) is 17.1 Å². The Morgan fingerprint density at radius 3 is 1.67 bits per heavy atom. The van der Waals surface area contributed by atoms with Crippen molar-refractivity contribution in [1.29, 1.82) is 5.41 Å². The molecule has 1 nitrogen and oxygen atoms in total. The standard InChI is InChI=1S/C13H19N.Fe/c1-9(2)11-6-5-7-12(10(3)4)13(11)8-14;/h5-10,14H,1-4H3;. The third kappa shape index (κ3) is 3.19. The number of benzene rings is 1. The molecule has 0 radical (unpaired) electrons. The predicted molar refractivity (Wildman–Crippen MR) is 62.5 cm³/mol. The molecule has 0 aliphatic heterocycles. The van der Waals surface area contributed by atoms with Crippen LogP contribution in [0.15, 0.2) is 18.2 Å². The first-order valence-corrected chi connectivity index (χ1v) is 5.21. The van der Waals surface area contributed by atoms with Gasteiger partial charge in [0.1, 0.15) is 0 Å². The van der Waals surface area contributed by atoms with Gasteiger partial charge < -0.3 is 5.41 Å². The fourth-order valence-electron chi connectivity index (χ4n) is 1.78. The van der Waals surface area contributed by atoms with E-state index in [1.807, 2.05) is 0 Å². The summed E-state index contributed by atoms with van der Waals surface area (Å²) in [5.41, 5.74) is 3.68. The van der Waals surface area contributed by atoms with Crippen molar-refractivity contribution in [3.63, 3.8) is 0 Å². The molecule has 0 aliphatic carbocycles. The van der Waals surface area contributed by atoms with E-state index in [1.54, 1.807) is 0 Å². The van der Waals surface area contributed by atoms with E-state index < -0.39 is 0 Å². The maximum atomic E-state index is 7.49. The molecule has 0 aliphatic rings. The van der Waals surface area contributed by atoms with Crippen molar-refractivity contribution in [3.8, 4) is 0 Å². The van der Waals surface area contributed by atoms with Gasteiger partial charge in [0.25, 0.3) is 0 Å². The number of nitrogens with one attached hydrogen (secondary N) is 1. The second kappa shape index (κ2) is 6.09. The monoisotopic (exact) mass is 245 g/mol. The van der Waals surface area contributed by atoms with Crippen LogP contribution in [0.2, 0.25) is 0 Å². The van der Waals surface area contributed by atoms with Gasteiger partial charge in [-0.3, -0.25) is 0 Å². The Balaban J connectivity index is 0.00000196. The van der Waals surface area contributed by atoms with E-state index in [4.69, 9.17) is 5.41 Å². The Bertz CT molecular complexity index is 303. The molecule has 1 aromatic rings. The minimum atomic E-state index is 0. The van der Waals surface area contributed by atoms with Crippen LogP contribution in [0.3, 0.4) is 0 Å². The summed E-state index contributed by atoms with van der Waals surface area (Å²) in [5, 5.41) is 7.49. The molecule has 0 amide bonds. The van der Waals surface area contributed by atoms with Crippen molar-refractivity contribution >= 4 is 6.21 Å². The van der Waals surface area contributed by atoms with E-state index in [9.17, 15) is 0 Å². The van der Waals surface area contributed by atoms with E-state index >= 15 is 0 Å². The van der Waals surface area contributed by atoms with Gasteiger partial charge in [0.05, 0.1) is 0 Å². The molecule has 0 unspecified atom stereocenters. The zero-order chi connectivity index (χ0) is 10.7. The molecule has 0 aromatic heterocycles. The maximum absolute atomic E-state index is 7.49. The molecule has 84 valence electrons. The molecule has 0 saturated heterocycles. The Morgan fingerprint density at radius 1 is 1.00 bits per heavy atom. The normalized spacial score (nSPS) is 10.3. The molecule has 0 spiro atoms. The largest absolute Gasteiger partial charge is 0.308 e. The second-order valence-electron chi connectivity index (χ2n) is 4.30.